The van der Waals surface area contributed by atoms with Gasteiger partial charge in [-0.2, -0.15) is 0 Å². The molecule has 6 nitrogen and oxygen atoms in total. The first-order valence-electron chi connectivity index (χ1n) is 11.6. The van der Waals surface area contributed by atoms with E-state index in [1.165, 1.54) is 29.3 Å². The summed E-state index contributed by atoms with van der Waals surface area (Å²) in [7, 11) is 0. The number of benzene rings is 1. The third kappa shape index (κ3) is 6.14. The first-order chi connectivity index (χ1) is 14.7. The van der Waals surface area contributed by atoms with Crippen LogP contribution in [0.2, 0.25) is 0 Å². The van der Waals surface area contributed by atoms with Crippen LogP contribution in [0.4, 0.5) is 0 Å². The van der Waals surface area contributed by atoms with E-state index in [-0.39, 0.29) is 29.9 Å². The molecule has 0 radical (unpaired) electrons. The minimum atomic E-state index is 0. The normalized spacial score (nSPS) is 19.6. The number of carbonyl (C=O) groups excluding carboxylic acids is 1. The first-order valence-corrected chi connectivity index (χ1v) is 11.6. The number of hydrogen-bond acceptors (Lipinski definition) is 2. The molecule has 4 rings (SSSR count). The molecule has 2 aromatic rings. The molecule has 1 aliphatic carbocycles. The summed E-state index contributed by atoms with van der Waals surface area (Å²) >= 11 is 0. The third-order valence-electron chi connectivity index (χ3n) is 6.44. The minimum Gasteiger partial charge on any atom is -0.361 e. The van der Waals surface area contributed by atoms with E-state index in [9.17, 15) is 4.79 Å². The molecule has 1 unspecified atom stereocenters. The number of carbonyl (C=O) groups is 1. The molecule has 1 aromatic heterocycles. The second-order valence-corrected chi connectivity index (χ2v) is 8.62. The molecule has 1 saturated heterocycles. The Labute approximate surface area is 202 Å². The number of likely N-dealkylation sites (tertiary alicyclic amines) is 1. The van der Waals surface area contributed by atoms with Gasteiger partial charge in [0.15, 0.2) is 5.96 Å². The highest BCUT2D eigenvalue weighted by molar-refractivity contribution is 14.0. The fourth-order valence-corrected chi connectivity index (χ4v) is 4.82. The van der Waals surface area contributed by atoms with Crippen molar-refractivity contribution in [1.29, 1.82) is 0 Å². The van der Waals surface area contributed by atoms with E-state index in [2.05, 4.69) is 57.9 Å². The third-order valence-corrected chi connectivity index (χ3v) is 6.44. The number of para-hydroxylation sites is 1. The lowest BCUT2D eigenvalue weighted by atomic mass is 10.1. The van der Waals surface area contributed by atoms with Crippen LogP contribution in [0.25, 0.3) is 10.9 Å². The lowest BCUT2D eigenvalue weighted by Gasteiger charge is -2.21. The van der Waals surface area contributed by atoms with E-state index in [0.29, 0.717) is 11.9 Å². The zero-order chi connectivity index (χ0) is 20.8. The van der Waals surface area contributed by atoms with E-state index < -0.39 is 0 Å². The second kappa shape index (κ2) is 11.7. The number of aromatic amines is 1. The van der Waals surface area contributed by atoms with Crippen molar-refractivity contribution in [2.24, 2.45) is 10.9 Å². The van der Waals surface area contributed by atoms with Crippen molar-refractivity contribution in [1.82, 2.24) is 20.5 Å². The number of rotatable bonds is 7. The molecule has 170 valence electrons. The van der Waals surface area contributed by atoms with Crippen LogP contribution >= 0.6 is 24.0 Å². The highest BCUT2D eigenvalue weighted by Gasteiger charge is 2.32. The topological polar surface area (TPSA) is 72.5 Å². The number of fused-ring (bicyclic) bond motifs is 1. The Balaban J connectivity index is 0.00000272. The molecule has 1 aromatic carbocycles. The monoisotopic (exact) mass is 537 g/mol. The Morgan fingerprint density at radius 2 is 2.03 bits per heavy atom. The molecule has 1 amide bonds. The van der Waals surface area contributed by atoms with Crippen LogP contribution in [0.15, 0.2) is 35.5 Å². The fraction of sp³-hybridized carbons (Fsp3) is 0.583. The summed E-state index contributed by atoms with van der Waals surface area (Å²) in [5.41, 5.74) is 2.56. The predicted octanol–water partition coefficient (Wildman–Crippen LogP) is 4.06. The maximum atomic E-state index is 12.7. The Kier molecular flexibility index (Phi) is 9.04. The summed E-state index contributed by atoms with van der Waals surface area (Å²) in [6.45, 7) is 5.38. The summed E-state index contributed by atoms with van der Waals surface area (Å²) in [6, 6.07) is 8.74. The van der Waals surface area contributed by atoms with Gasteiger partial charge in [-0.05, 0) is 50.7 Å². The van der Waals surface area contributed by atoms with Crippen molar-refractivity contribution in [3.05, 3.63) is 36.0 Å². The highest BCUT2D eigenvalue weighted by Crippen LogP contribution is 2.27. The Bertz CT molecular complexity index is 874. The van der Waals surface area contributed by atoms with Gasteiger partial charge >= 0.3 is 0 Å². The van der Waals surface area contributed by atoms with Gasteiger partial charge in [0.05, 0.1) is 0 Å². The number of halogens is 1. The number of aromatic nitrogens is 1. The average Bonchev–Trinajstić information content (AvgIpc) is 3.52. The van der Waals surface area contributed by atoms with E-state index in [0.717, 1.165) is 64.2 Å². The molecule has 3 N–H and O–H groups in total. The van der Waals surface area contributed by atoms with E-state index >= 15 is 0 Å². The fourth-order valence-electron chi connectivity index (χ4n) is 4.82. The number of H-pyrrole nitrogens is 1. The van der Waals surface area contributed by atoms with Crippen molar-refractivity contribution in [2.45, 2.75) is 57.9 Å². The number of amides is 1. The van der Waals surface area contributed by atoms with Crippen LogP contribution in [0, 0.1) is 5.92 Å². The quantitative estimate of drug-likeness (QED) is 0.216. The van der Waals surface area contributed by atoms with Crippen LogP contribution in [0.5, 0.6) is 0 Å². The van der Waals surface area contributed by atoms with Gasteiger partial charge < -0.3 is 20.5 Å². The molecule has 2 aliphatic rings. The maximum Gasteiger partial charge on any atom is 0.225 e. The van der Waals surface area contributed by atoms with Crippen LogP contribution in [-0.4, -0.2) is 54.0 Å². The molecule has 1 atom stereocenters. The summed E-state index contributed by atoms with van der Waals surface area (Å²) in [4.78, 5) is 22.9. The van der Waals surface area contributed by atoms with E-state index in [4.69, 9.17) is 4.99 Å². The van der Waals surface area contributed by atoms with E-state index in [1.54, 1.807) is 0 Å². The molecule has 2 heterocycles. The number of nitrogens with zero attached hydrogens (tertiary/aromatic N) is 2. The maximum absolute atomic E-state index is 12.7. The summed E-state index contributed by atoms with van der Waals surface area (Å²) in [6.07, 6.45) is 9.71. The van der Waals surface area contributed by atoms with Gasteiger partial charge in [0, 0.05) is 55.2 Å². The molecule has 0 spiro atoms. The highest BCUT2D eigenvalue weighted by atomic mass is 127. The van der Waals surface area contributed by atoms with Crippen molar-refractivity contribution < 1.29 is 4.79 Å². The van der Waals surface area contributed by atoms with Crippen LogP contribution in [-0.2, 0) is 11.2 Å². The number of aryl methyl sites for hydroxylation is 1. The SMILES string of the molecule is CCNC(=NCCCc1c[nH]c2ccccc12)NC1CCN(C(=O)C2CCCC2)C1.I. The van der Waals surface area contributed by atoms with Crippen molar-refractivity contribution in [3.63, 3.8) is 0 Å². The number of guanidine groups is 1. The van der Waals surface area contributed by atoms with Gasteiger partial charge in [0.1, 0.15) is 0 Å². The number of nitrogens with one attached hydrogen (secondary N) is 3. The molecule has 7 heteroatoms. The first kappa shape index (κ1) is 23.9. The molecule has 0 bridgehead atoms. The van der Waals surface area contributed by atoms with Crippen molar-refractivity contribution in [3.8, 4) is 0 Å². The Morgan fingerprint density at radius 1 is 1.23 bits per heavy atom. The zero-order valence-corrected chi connectivity index (χ0v) is 20.9. The summed E-state index contributed by atoms with van der Waals surface area (Å²) in [5.74, 6) is 1.52. The lowest BCUT2D eigenvalue weighted by molar-refractivity contribution is -0.134. The molecule has 1 saturated carbocycles. The minimum absolute atomic E-state index is 0. The molecule has 1 aliphatic heterocycles. The summed E-state index contributed by atoms with van der Waals surface area (Å²) < 4.78 is 0. The van der Waals surface area contributed by atoms with Gasteiger partial charge in [0.25, 0.3) is 0 Å². The lowest BCUT2D eigenvalue weighted by Crippen LogP contribution is -2.45. The van der Waals surface area contributed by atoms with Crippen LogP contribution in [0.3, 0.4) is 0 Å². The van der Waals surface area contributed by atoms with Gasteiger partial charge in [-0.25, -0.2) is 0 Å². The Hall–Kier alpha value is -1.77. The predicted molar refractivity (Wildman–Crippen MR) is 138 cm³/mol. The average molecular weight is 537 g/mol. The molecular weight excluding hydrogens is 501 g/mol. The largest absolute Gasteiger partial charge is 0.361 e. The molecule has 2 fully saturated rings. The van der Waals surface area contributed by atoms with Gasteiger partial charge in [-0.1, -0.05) is 31.0 Å². The standard InChI is InChI=1S/C24H35N5O.HI/c1-2-25-24(26-14-7-10-19-16-27-22-12-6-5-11-21(19)22)28-20-13-15-29(17-20)23(30)18-8-3-4-9-18;/h5-6,11-12,16,18,20,27H,2-4,7-10,13-15,17H2,1H3,(H2,25,26,28);1H. The molecule has 31 heavy (non-hydrogen) atoms. The van der Waals surface area contributed by atoms with E-state index in [1.807, 2.05) is 0 Å². The zero-order valence-electron chi connectivity index (χ0n) is 18.5. The van der Waals surface area contributed by atoms with Crippen molar-refractivity contribution >= 4 is 46.7 Å². The Morgan fingerprint density at radius 3 is 2.84 bits per heavy atom. The molecular formula is C24H36IN5O. The van der Waals surface area contributed by atoms with Crippen LogP contribution < -0.4 is 10.6 Å². The summed E-state index contributed by atoms with van der Waals surface area (Å²) in [5, 5.41) is 8.23. The van der Waals surface area contributed by atoms with Crippen molar-refractivity contribution in [2.75, 3.05) is 26.2 Å². The number of aliphatic imine (C=N–C) groups is 1. The van der Waals surface area contributed by atoms with Gasteiger partial charge in [0.2, 0.25) is 5.91 Å². The van der Waals surface area contributed by atoms with Gasteiger partial charge in [-0.15, -0.1) is 24.0 Å². The van der Waals surface area contributed by atoms with Gasteiger partial charge in [-0.3, -0.25) is 9.79 Å². The second-order valence-electron chi connectivity index (χ2n) is 8.62. The van der Waals surface area contributed by atoms with Crippen LogP contribution in [0.1, 0.15) is 51.0 Å². The number of hydrogen-bond donors (Lipinski definition) is 3. The smallest absolute Gasteiger partial charge is 0.225 e.